The maximum Gasteiger partial charge on any atom is 0.375 e. The average molecular weight is 359 g/mol. The Morgan fingerprint density at radius 3 is 2.17 bits per heavy atom. The molecule has 1 saturated heterocycles. The fourth-order valence-corrected chi connectivity index (χ4v) is 9.51. The van der Waals surface area contributed by atoms with Crippen molar-refractivity contribution in [3.8, 4) is 0 Å². The van der Waals surface area contributed by atoms with Crippen LogP contribution in [0.4, 0.5) is 0 Å². The molecule has 0 spiro atoms. The predicted octanol–water partition coefficient (Wildman–Crippen LogP) is 3.75. The molecular weight excluding hydrogens is 324 g/mol. The fraction of sp³-hybridized carbons (Fsp3) is 0.833. The van der Waals surface area contributed by atoms with Crippen LogP contribution < -0.4 is 0 Å². The Balaban J connectivity index is 3.75. The smallest absolute Gasteiger partial charge is 0.375 e. The van der Waals surface area contributed by atoms with E-state index in [0.29, 0.717) is 12.8 Å². The molecule has 2 unspecified atom stereocenters. The van der Waals surface area contributed by atoms with Crippen molar-refractivity contribution >= 4 is 14.5 Å². The molecule has 1 rings (SSSR count). The van der Waals surface area contributed by atoms with Gasteiger partial charge >= 0.3 is 14.5 Å². The van der Waals surface area contributed by atoms with Crippen LogP contribution in [0.1, 0.15) is 53.4 Å². The minimum atomic E-state index is -2.79. The van der Waals surface area contributed by atoms with Gasteiger partial charge in [-0.1, -0.05) is 40.7 Å². The molecule has 0 amide bonds. The maximum absolute atomic E-state index is 12.3. The van der Waals surface area contributed by atoms with Gasteiger partial charge in [0.1, 0.15) is 5.60 Å². The third kappa shape index (κ3) is 2.77. The summed E-state index contributed by atoms with van der Waals surface area (Å²) in [5.74, 6) is -0.431. The molecular formula is C18H34O5Si. The van der Waals surface area contributed by atoms with Gasteiger partial charge < -0.3 is 18.3 Å². The van der Waals surface area contributed by atoms with E-state index in [1.165, 1.54) is 6.08 Å². The van der Waals surface area contributed by atoms with Crippen molar-refractivity contribution < 1.29 is 23.1 Å². The number of carbonyl (C=O) groups is 1. The van der Waals surface area contributed by atoms with Crippen molar-refractivity contribution in [2.45, 2.75) is 70.2 Å². The Morgan fingerprint density at radius 2 is 1.79 bits per heavy atom. The zero-order chi connectivity index (χ0) is 18.6. The second-order valence-electron chi connectivity index (χ2n) is 7.13. The van der Waals surface area contributed by atoms with E-state index < -0.39 is 25.4 Å². The van der Waals surface area contributed by atoms with Crippen molar-refractivity contribution in [1.29, 1.82) is 0 Å². The van der Waals surface area contributed by atoms with Gasteiger partial charge in [-0.15, -0.1) is 0 Å². The van der Waals surface area contributed by atoms with Gasteiger partial charge in [-0.2, -0.15) is 0 Å². The van der Waals surface area contributed by atoms with Crippen LogP contribution in [-0.4, -0.2) is 46.7 Å². The summed E-state index contributed by atoms with van der Waals surface area (Å²) in [5.41, 5.74) is -1.12. The molecule has 140 valence electrons. The standard InChI is InChI=1S/C18H34O5Si/c1-9-12-18(20-6)17(11-3,23-15(19)10-2)16(4,5)13-14-24(18,21-7)22-8/h10H,2,9,11-14H2,1,3-8H3. The normalized spacial score (nSPS) is 31.5. The molecule has 0 aromatic heterocycles. The Hall–Kier alpha value is -0.693. The predicted molar refractivity (Wildman–Crippen MR) is 96.9 cm³/mol. The highest BCUT2D eigenvalue weighted by Crippen LogP contribution is 2.59. The molecule has 1 aliphatic heterocycles. The molecule has 6 heteroatoms. The first-order valence-corrected chi connectivity index (χ1v) is 10.7. The molecule has 0 saturated carbocycles. The Bertz CT molecular complexity index is 460. The SMILES string of the molecule is C=CC(=O)OC1(CC)C(C)(C)CC[Si](OC)(OC)C1(CCC)OC. The van der Waals surface area contributed by atoms with Gasteiger partial charge in [0.2, 0.25) is 0 Å². The van der Waals surface area contributed by atoms with E-state index in [1.807, 2.05) is 6.92 Å². The first-order valence-electron chi connectivity index (χ1n) is 8.72. The van der Waals surface area contributed by atoms with E-state index in [9.17, 15) is 4.79 Å². The first-order chi connectivity index (χ1) is 11.2. The Morgan fingerprint density at radius 1 is 1.21 bits per heavy atom. The number of methoxy groups -OCH3 is 1. The van der Waals surface area contributed by atoms with Crippen LogP contribution in [0.25, 0.3) is 0 Å². The summed E-state index contributed by atoms with van der Waals surface area (Å²) in [6.07, 6.45) is 4.26. The quantitative estimate of drug-likeness (QED) is 0.376. The Kier molecular flexibility index (Phi) is 6.83. The van der Waals surface area contributed by atoms with Gasteiger partial charge in [0.25, 0.3) is 0 Å². The van der Waals surface area contributed by atoms with Crippen LogP contribution in [0.3, 0.4) is 0 Å². The first kappa shape index (κ1) is 21.3. The molecule has 1 heterocycles. The minimum Gasteiger partial charge on any atom is -0.452 e. The summed E-state index contributed by atoms with van der Waals surface area (Å²) in [4.78, 5) is 12.3. The maximum atomic E-state index is 12.3. The number of hydrogen-bond donors (Lipinski definition) is 0. The third-order valence-electron chi connectivity index (χ3n) is 5.99. The van der Waals surface area contributed by atoms with Crippen LogP contribution in [0, 0.1) is 5.41 Å². The number of hydrogen-bond acceptors (Lipinski definition) is 5. The summed E-state index contributed by atoms with van der Waals surface area (Å²) in [7, 11) is 2.27. The summed E-state index contributed by atoms with van der Waals surface area (Å²) in [6.45, 7) is 12.0. The third-order valence-corrected chi connectivity index (χ3v) is 10.3. The molecule has 0 aromatic carbocycles. The van der Waals surface area contributed by atoms with Crippen LogP contribution >= 0.6 is 0 Å². The summed E-state index contributed by atoms with van der Waals surface area (Å²) in [5, 5.41) is -0.784. The molecule has 0 bridgehead atoms. The zero-order valence-electron chi connectivity index (χ0n) is 16.4. The lowest BCUT2D eigenvalue weighted by Crippen LogP contribution is -2.80. The van der Waals surface area contributed by atoms with E-state index >= 15 is 0 Å². The van der Waals surface area contributed by atoms with Crippen molar-refractivity contribution in [3.63, 3.8) is 0 Å². The molecule has 24 heavy (non-hydrogen) atoms. The summed E-state index contributed by atoms with van der Waals surface area (Å²) < 4.78 is 24.4. The topological polar surface area (TPSA) is 54.0 Å². The monoisotopic (exact) mass is 358 g/mol. The largest absolute Gasteiger partial charge is 0.452 e. The van der Waals surface area contributed by atoms with Crippen molar-refractivity contribution in [2.24, 2.45) is 5.41 Å². The second kappa shape index (κ2) is 7.68. The fourth-order valence-electron chi connectivity index (χ4n) is 4.79. The molecule has 5 nitrogen and oxygen atoms in total. The lowest BCUT2D eigenvalue weighted by atomic mass is 9.66. The highest BCUT2D eigenvalue weighted by Gasteiger charge is 2.76. The van der Waals surface area contributed by atoms with Crippen LogP contribution in [-0.2, 0) is 23.1 Å². The van der Waals surface area contributed by atoms with Gasteiger partial charge in [0, 0.05) is 32.8 Å². The van der Waals surface area contributed by atoms with E-state index in [2.05, 4.69) is 27.4 Å². The van der Waals surface area contributed by atoms with Gasteiger partial charge in [-0.05, 0) is 25.3 Å². The molecule has 0 N–H and O–H groups in total. The highest BCUT2D eigenvalue weighted by molar-refractivity contribution is 6.71. The van der Waals surface area contributed by atoms with Gasteiger partial charge in [0.05, 0.1) is 0 Å². The molecule has 0 radical (unpaired) electrons. The number of rotatable bonds is 8. The number of carbonyl (C=O) groups excluding carboxylic acids is 1. The van der Waals surface area contributed by atoms with Crippen molar-refractivity contribution in [1.82, 2.24) is 0 Å². The molecule has 1 aliphatic rings. The van der Waals surface area contributed by atoms with Gasteiger partial charge in [-0.25, -0.2) is 4.79 Å². The number of esters is 1. The van der Waals surface area contributed by atoms with Crippen LogP contribution in [0.15, 0.2) is 12.7 Å². The van der Waals surface area contributed by atoms with Crippen molar-refractivity contribution in [2.75, 3.05) is 21.3 Å². The lowest BCUT2D eigenvalue weighted by Gasteiger charge is -2.63. The van der Waals surface area contributed by atoms with E-state index in [0.717, 1.165) is 18.9 Å². The Labute approximate surface area is 147 Å². The molecule has 0 aliphatic carbocycles. The number of ether oxygens (including phenoxy) is 2. The second-order valence-corrected chi connectivity index (χ2v) is 10.8. The molecule has 1 fully saturated rings. The van der Waals surface area contributed by atoms with Crippen LogP contribution in [0.5, 0.6) is 0 Å². The average Bonchev–Trinajstić information content (AvgIpc) is 2.58. The van der Waals surface area contributed by atoms with Gasteiger partial charge in [0.15, 0.2) is 5.22 Å². The van der Waals surface area contributed by atoms with Crippen LogP contribution in [0.2, 0.25) is 6.04 Å². The zero-order valence-corrected chi connectivity index (χ0v) is 17.4. The van der Waals surface area contributed by atoms with E-state index in [1.54, 1.807) is 21.3 Å². The minimum absolute atomic E-state index is 0.279. The van der Waals surface area contributed by atoms with E-state index in [-0.39, 0.29) is 5.41 Å². The van der Waals surface area contributed by atoms with Crippen molar-refractivity contribution in [3.05, 3.63) is 12.7 Å². The highest BCUT2D eigenvalue weighted by atomic mass is 28.4. The lowest BCUT2D eigenvalue weighted by molar-refractivity contribution is -0.234. The summed E-state index contributed by atoms with van der Waals surface area (Å²) in [6, 6.07) is 0.800. The summed E-state index contributed by atoms with van der Waals surface area (Å²) >= 11 is 0. The van der Waals surface area contributed by atoms with E-state index in [4.69, 9.17) is 18.3 Å². The molecule has 2 atom stereocenters. The van der Waals surface area contributed by atoms with Gasteiger partial charge in [-0.3, -0.25) is 0 Å². The molecule has 0 aromatic rings.